The monoisotopic (exact) mass is 467 g/mol. The molecule has 1 aromatic heterocycles. The predicted octanol–water partition coefficient (Wildman–Crippen LogP) is 5.33. The zero-order chi connectivity index (χ0) is 25.2. The molecular weight excluding hydrogens is 443 g/mol. The third kappa shape index (κ3) is 5.12. The van der Waals surface area contributed by atoms with Gasteiger partial charge in [0.2, 0.25) is 11.7 Å². The summed E-state index contributed by atoms with van der Waals surface area (Å²) in [6.07, 6.45) is -4.82. The van der Waals surface area contributed by atoms with Gasteiger partial charge in [0.05, 0.1) is 16.2 Å². The molecule has 0 aliphatic rings. The van der Waals surface area contributed by atoms with Crippen LogP contribution in [0, 0.1) is 24.0 Å². The minimum atomic E-state index is -5.27. The van der Waals surface area contributed by atoms with Crippen LogP contribution in [0.15, 0.2) is 17.7 Å². The predicted molar refractivity (Wildman–Crippen MR) is 114 cm³/mol. The molecule has 2 rings (SSSR count). The largest absolute Gasteiger partial charge is 0.491 e. The number of hydrogen-bond acceptors (Lipinski definition) is 6. The maximum absolute atomic E-state index is 13.5. The second-order valence-corrected chi connectivity index (χ2v) is 7.72. The Kier molecular flexibility index (Phi) is 7.46. The van der Waals surface area contributed by atoms with E-state index in [9.17, 15) is 32.9 Å². The van der Waals surface area contributed by atoms with Crippen LogP contribution in [0.5, 0.6) is 5.88 Å². The lowest BCUT2D eigenvalue weighted by Gasteiger charge is -2.14. The van der Waals surface area contributed by atoms with Crippen LogP contribution in [0.25, 0.3) is 5.57 Å². The highest BCUT2D eigenvalue weighted by molar-refractivity contribution is 6.13. The van der Waals surface area contributed by atoms with Crippen LogP contribution in [0.4, 0.5) is 18.9 Å². The number of carbonyl (C=O) groups is 2. The lowest BCUT2D eigenvalue weighted by Crippen LogP contribution is -2.29. The molecule has 0 bridgehead atoms. The van der Waals surface area contributed by atoms with Crippen molar-refractivity contribution >= 4 is 23.0 Å². The van der Waals surface area contributed by atoms with Crippen LogP contribution in [-0.4, -0.2) is 32.6 Å². The Labute approximate surface area is 188 Å². The zero-order valence-electron chi connectivity index (χ0n) is 19.1. The molecule has 0 unspecified atom stereocenters. The average Bonchev–Trinajstić information content (AvgIpc) is 3.00. The quantitative estimate of drug-likeness (QED) is 0.236. The number of nitrogens with zero attached hydrogens (tertiary/aromatic N) is 3. The van der Waals surface area contributed by atoms with Gasteiger partial charge >= 0.3 is 12.1 Å². The molecule has 0 atom stereocenters. The molecule has 0 amide bonds. The number of halogens is 3. The molecule has 0 spiro atoms. The summed E-state index contributed by atoms with van der Waals surface area (Å²) in [6.45, 7) is 9.99. The maximum Gasteiger partial charge on any atom is 0.491 e. The lowest BCUT2D eigenvalue weighted by molar-refractivity contribution is -0.385. The summed E-state index contributed by atoms with van der Waals surface area (Å²) in [5.41, 5.74) is 1.50. The number of aryl methyl sites for hydroxylation is 2. The van der Waals surface area contributed by atoms with Gasteiger partial charge in [-0.2, -0.15) is 18.3 Å². The van der Waals surface area contributed by atoms with Gasteiger partial charge in [0.15, 0.2) is 0 Å². The Hall–Kier alpha value is -3.50. The van der Waals surface area contributed by atoms with Gasteiger partial charge in [-0.15, -0.1) is 0 Å². The Balaban J connectivity index is 2.76. The number of alkyl halides is 3. The highest BCUT2D eigenvalue weighted by Gasteiger charge is 2.43. The standard InChI is InChI=1S/C22H24F3N3O5/c1-7-10-27-20(33-21(30)22(23,24)25)18(14(6)26-27)19(29)15-8-9-16(28(31)32)17(13(15)5)12(4)11(2)3/h8-9H,7,10H2,1-6H3. The van der Waals surface area contributed by atoms with Crippen molar-refractivity contribution in [2.24, 2.45) is 0 Å². The fourth-order valence-electron chi connectivity index (χ4n) is 3.39. The zero-order valence-corrected chi connectivity index (χ0v) is 19.1. The molecule has 0 fully saturated rings. The number of nitro benzene ring substituents is 1. The van der Waals surface area contributed by atoms with Crippen LogP contribution in [0.1, 0.15) is 66.9 Å². The fourth-order valence-corrected chi connectivity index (χ4v) is 3.39. The summed E-state index contributed by atoms with van der Waals surface area (Å²) >= 11 is 0. The summed E-state index contributed by atoms with van der Waals surface area (Å²) in [4.78, 5) is 36.0. The van der Waals surface area contributed by atoms with Crippen molar-refractivity contribution in [2.45, 2.75) is 60.7 Å². The van der Waals surface area contributed by atoms with Gasteiger partial charge < -0.3 is 4.74 Å². The number of benzene rings is 1. The number of nitro groups is 1. The Morgan fingerprint density at radius 2 is 1.76 bits per heavy atom. The molecule has 11 heteroatoms. The molecule has 1 heterocycles. The van der Waals surface area contributed by atoms with Crippen LogP contribution < -0.4 is 4.74 Å². The van der Waals surface area contributed by atoms with Crippen molar-refractivity contribution in [3.05, 3.63) is 55.8 Å². The Bertz CT molecular complexity index is 1160. The number of rotatable bonds is 7. The van der Waals surface area contributed by atoms with Crippen molar-refractivity contribution in [3.63, 3.8) is 0 Å². The summed E-state index contributed by atoms with van der Waals surface area (Å²) in [7, 11) is 0. The van der Waals surface area contributed by atoms with Crippen molar-refractivity contribution < 1.29 is 32.4 Å². The minimum absolute atomic E-state index is 0.0275. The molecule has 2 aromatic rings. The van der Waals surface area contributed by atoms with E-state index in [2.05, 4.69) is 9.84 Å². The normalized spacial score (nSPS) is 11.3. The number of ketones is 1. The van der Waals surface area contributed by atoms with Crippen LogP contribution >= 0.6 is 0 Å². The van der Waals surface area contributed by atoms with Crippen molar-refractivity contribution in [3.8, 4) is 5.88 Å². The lowest BCUT2D eigenvalue weighted by atomic mass is 9.90. The molecule has 33 heavy (non-hydrogen) atoms. The second kappa shape index (κ2) is 9.55. The second-order valence-electron chi connectivity index (χ2n) is 7.72. The summed E-state index contributed by atoms with van der Waals surface area (Å²) in [6, 6.07) is 2.42. The topological polar surface area (TPSA) is 104 Å². The molecule has 8 nitrogen and oxygen atoms in total. The Morgan fingerprint density at radius 1 is 1.15 bits per heavy atom. The maximum atomic E-state index is 13.5. The van der Waals surface area contributed by atoms with Gasteiger partial charge in [-0.05, 0) is 58.2 Å². The van der Waals surface area contributed by atoms with Crippen LogP contribution in [0.3, 0.4) is 0 Å². The third-order valence-electron chi connectivity index (χ3n) is 5.17. The number of carbonyl (C=O) groups excluding carboxylic acids is 2. The molecular formula is C22H24F3N3O5. The van der Waals surface area contributed by atoms with Crippen LogP contribution in [0.2, 0.25) is 0 Å². The van der Waals surface area contributed by atoms with Gasteiger partial charge in [-0.3, -0.25) is 14.9 Å². The SMILES string of the molecule is CCCn1nc(C)c(C(=O)c2ccc([N+](=O)[O-])c(C(C)=C(C)C)c2C)c1OC(=O)C(F)(F)F. The van der Waals surface area contributed by atoms with E-state index in [0.717, 1.165) is 10.3 Å². The highest BCUT2D eigenvalue weighted by atomic mass is 19.4. The fraction of sp³-hybridized carbons (Fsp3) is 0.409. The van der Waals surface area contributed by atoms with Crippen molar-refractivity contribution in [2.75, 3.05) is 0 Å². The molecule has 1 aromatic carbocycles. The first-order valence-corrected chi connectivity index (χ1v) is 10.1. The van der Waals surface area contributed by atoms with Gasteiger partial charge in [0, 0.05) is 18.2 Å². The van der Waals surface area contributed by atoms with E-state index in [0.29, 0.717) is 12.0 Å². The van der Waals surface area contributed by atoms with E-state index in [1.54, 1.807) is 27.7 Å². The number of esters is 1. The molecule has 0 N–H and O–H groups in total. The first kappa shape index (κ1) is 25.8. The molecule has 0 aliphatic carbocycles. The van der Waals surface area contributed by atoms with Gasteiger partial charge in [0.1, 0.15) is 5.56 Å². The van der Waals surface area contributed by atoms with Crippen molar-refractivity contribution in [1.29, 1.82) is 0 Å². The minimum Gasteiger partial charge on any atom is -0.400 e. The van der Waals surface area contributed by atoms with E-state index in [4.69, 9.17) is 0 Å². The molecule has 0 saturated carbocycles. The number of allylic oxidation sites excluding steroid dienone is 2. The molecule has 178 valence electrons. The van der Waals surface area contributed by atoms with Gasteiger partial charge in [0.25, 0.3) is 5.69 Å². The average molecular weight is 467 g/mol. The van der Waals surface area contributed by atoms with E-state index < -0.39 is 28.7 Å². The van der Waals surface area contributed by atoms with Gasteiger partial charge in [-0.1, -0.05) is 12.5 Å². The third-order valence-corrected chi connectivity index (χ3v) is 5.17. The first-order valence-electron chi connectivity index (χ1n) is 10.1. The van der Waals surface area contributed by atoms with E-state index in [1.807, 2.05) is 0 Å². The van der Waals surface area contributed by atoms with Crippen LogP contribution in [-0.2, 0) is 11.3 Å². The number of hydrogen-bond donors (Lipinski definition) is 0. The van der Waals surface area contributed by atoms with E-state index >= 15 is 0 Å². The summed E-state index contributed by atoms with van der Waals surface area (Å²) in [5, 5.41) is 15.6. The first-order chi connectivity index (χ1) is 15.2. The summed E-state index contributed by atoms with van der Waals surface area (Å²) in [5.74, 6) is -3.84. The van der Waals surface area contributed by atoms with E-state index in [1.165, 1.54) is 26.0 Å². The summed E-state index contributed by atoms with van der Waals surface area (Å²) < 4.78 is 44.2. The Morgan fingerprint density at radius 3 is 2.24 bits per heavy atom. The number of aromatic nitrogens is 2. The molecule has 0 saturated heterocycles. The van der Waals surface area contributed by atoms with Gasteiger partial charge in [-0.25, -0.2) is 9.48 Å². The van der Waals surface area contributed by atoms with E-state index in [-0.39, 0.29) is 40.2 Å². The smallest absolute Gasteiger partial charge is 0.400 e. The molecule has 0 radical (unpaired) electrons. The van der Waals surface area contributed by atoms with Crippen molar-refractivity contribution in [1.82, 2.24) is 9.78 Å². The number of ether oxygens (including phenoxy) is 1. The highest BCUT2D eigenvalue weighted by Crippen LogP contribution is 2.35. The molecule has 0 aliphatic heterocycles.